The molecule has 1 fully saturated rings. The second kappa shape index (κ2) is 5.83. The number of nitrogens with one attached hydrogen (secondary N) is 1. The summed E-state index contributed by atoms with van der Waals surface area (Å²) in [4.78, 5) is 12.4. The summed E-state index contributed by atoms with van der Waals surface area (Å²) in [7, 11) is -3.76. The molecule has 0 bridgehead atoms. The number of thiophene rings is 1. The zero-order valence-electron chi connectivity index (χ0n) is 11.7. The zero-order valence-corrected chi connectivity index (χ0v) is 13.4. The lowest BCUT2D eigenvalue weighted by atomic mass is 10.0. The van der Waals surface area contributed by atoms with Crippen LogP contribution in [-0.2, 0) is 10.0 Å². The monoisotopic (exact) mass is 336 g/mol. The Kier molecular flexibility index (Phi) is 4.03. The summed E-state index contributed by atoms with van der Waals surface area (Å²) in [5, 5.41) is 9.60. The van der Waals surface area contributed by atoms with Crippen molar-refractivity contribution in [3.63, 3.8) is 0 Å². The molecule has 1 aromatic heterocycles. The van der Waals surface area contributed by atoms with Crippen LogP contribution in [0.4, 0.5) is 0 Å². The molecule has 1 aliphatic rings. The number of sulfonamides is 1. The molecular formula is C15H16N2O3S2. The number of primary sulfonamides is 1. The van der Waals surface area contributed by atoms with Crippen molar-refractivity contribution >= 4 is 27.3 Å². The zero-order chi connectivity index (χ0) is 15.7. The van der Waals surface area contributed by atoms with E-state index in [0.29, 0.717) is 11.5 Å². The van der Waals surface area contributed by atoms with Gasteiger partial charge in [-0.25, -0.2) is 13.6 Å². The quantitative estimate of drug-likeness (QED) is 0.878. The first kappa shape index (κ1) is 15.2. The summed E-state index contributed by atoms with van der Waals surface area (Å²) in [5.41, 5.74) is 1.40. The Morgan fingerprint density at radius 2 is 1.95 bits per heavy atom. The third-order valence-corrected chi connectivity index (χ3v) is 6.04. The average Bonchev–Trinajstić information content (AvgIpc) is 3.18. The number of rotatable bonds is 5. The van der Waals surface area contributed by atoms with Crippen molar-refractivity contribution in [3.8, 4) is 0 Å². The fourth-order valence-corrected chi connectivity index (χ4v) is 3.96. The molecule has 7 heteroatoms. The lowest BCUT2D eigenvalue weighted by Crippen LogP contribution is -2.29. The first-order chi connectivity index (χ1) is 10.4. The van der Waals surface area contributed by atoms with Gasteiger partial charge in [-0.1, -0.05) is 30.3 Å². The maximum atomic E-state index is 12.4. The molecule has 1 aliphatic carbocycles. The highest BCUT2D eigenvalue weighted by molar-refractivity contribution is 7.91. The van der Waals surface area contributed by atoms with E-state index in [1.807, 2.05) is 30.3 Å². The predicted molar refractivity (Wildman–Crippen MR) is 85.1 cm³/mol. The summed E-state index contributed by atoms with van der Waals surface area (Å²) in [6, 6.07) is 11.1. The van der Waals surface area contributed by atoms with Crippen LogP contribution in [-0.4, -0.2) is 14.3 Å². The van der Waals surface area contributed by atoms with Crippen LogP contribution in [0.5, 0.6) is 0 Å². The van der Waals surface area contributed by atoms with Crippen LogP contribution >= 0.6 is 11.3 Å². The van der Waals surface area contributed by atoms with Crippen molar-refractivity contribution in [3.05, 3.63) is 52.9 Å². The largest absolute Gasteiger partial charge is 0.345 e. The van der Waals surface area contributed by atoms with Gasteiger partial charge in [0.05, 0.1) is 11.6 Å². The van der Waals surface area contributed by atoms with E-state index in [2.05, 4.69) is 5.32 Å². The molecule has 5 nitrogen and oxygen atoms in total. The number of hydrogen-bond donors (Lipinski definition) is 2. The van der Waals surface area contributed by atoms with Crippen LogP contribution in [0.1, 0.15) is 34.8 Å². The van der Waals surface area contributed by atoms with Gasteiger partial charge in [0.2, 0.25) is 10.0 Å². The molecule has 0 aliphatic heterocycles. The van der Waals surface area contributed by atoms with Crippen molar-refractivity contribution in [1.82, 2.24) is 5.32 Å². The molecule has 0 radical (unpaired) electrons. The van der Waals surface area contributed by atoms with Crippen LogP contribution in [0, 0.1) is 5.92 Å². The predicted octanol–water partition coefficient (Wildman–Crippen LogP) is 2.28. The molecule has 2 aromatic rings. The summed E-state index contributed by atoms with van der Waals surface area (Å²) in [5.74, 6) is 0.176. The third kappa shape index (κ3) is 3.37. The van der Waals surface area contributed by atoms with Gasteiger partial charge in [-0.3, -0.25) is 4.79 Å². The second-order valence-corrected chi connectivity index (χ2v) is 8.10. The lowest BCUT2D eigenvalue weighted by Gasteiger charge is -2.18. The lowest BCUT2D eigenvalue weighted by molar-refractivity contribution is 0.0932. The minimum atomic E-state index is -3.76. The highest BCUT2D eigenvalue weighted by atomic mass is 32.2. The Hall–Kier alpha value is -1.70. The second-order valence-electron chi connectivity index (χ2n) is 5.40. The number of amides is 1. The highest BCUT2D eigenvalue weighted by Crippen LogP contribution is 2.41. The Labute approximate surface area is 133 Å². The molecule has 1 atom stereocenters. The normalized spacial score (nSPS) is 16.2. The smallest absolute Gasteiger partial charge is 0.252 e. The number of carbonyl (C=O) groups excluding carboxylic acids is 1. The SMILES string of the molecule is NS(=O)(=O)c1cc(C(=O)NC(c2ccccc2)C2CC2)cs1. The van der Waals surface area contributed by atoms with Gasteiger partial charge in [-0.05, 0) is 30.4 Å². The minimum Gasteiger partial charge on any atom is -0.345 e. The van der Waals surface area contributed by atoms with E-state index in [4.69, 9.17) is 5.14 Å². The molecular weight excluding hydrogens is 320 g/mol. The fraction of sp³-hybridized carbons (Fsp3) is 0.267. The van der Waals surface area contributed by atoms with Crippen LogP contribution < -0.4 is 10.5 Å². The van der Waals surface area contributed by atoms with Crippen LogP contribution in [0.3, 0.4) is 0 Å². The van der Waals surface area contributed by atoms with Crippen molar-refractivity contribution in [1.29, 1.82) is 0 Å². The van der Waals surface area contributed by atoms with Gasteiger partial charge >= 0.3 is 0 Å². The number of carbonyl (C=O) groups is 1. The van der Waals surface area contributed by atoms with Gasteiger partial charge in [0.25, 0.3) is 5.91 Å². The van der Waals surface area contributed by atoms with E-state index < -0.39 is 10.0 Å². The summed E-state index contributed by atoms with van der Waals surface area (Å²) in [6.45, 7) is 0. The van der Waals surface area contributed by atoms with Crippen LogP contribution in [0.15, 0.2) is 46.0 Å². The number of benzene rings is 1. The Bertz CT molecular complexity index is 780. The summed E-state index contributed by atoms with van der Waals surface area (Å²) in [6.07, 6.45) is 2.18. The van der Waals surface area contributed by atoms with E-state index in [-0.39, 0.29) is 16.2 Å². The standard InChI is InChI=1S/C15H16N2O3S2/c16-22(19,20)13-8-12(9-21-13)15(18)17-14(11-6-7-11)10-4-2-1-3-5-10/h1-5,8-9,11,14H,6-7H2,(H,17,18)(H2,16,19,20). The average molecular weight is 336 g/mol. The van der Waals surface area contributed by atoms with Gasteiger partial charge in [0.15, 0.2) is 0 Å². The summed E-state index contributed by atoms with van der Waals surface area (Å²) < 4.78 is 22.6. The topological polar surface area (TPSA) is 89.3 Å². The number of nitrogens with two attached hydrogens (primary N) is 1. The van der Waals surface area contributed by atoms with Gasteiger partial charge < -0.3 is 5.32 Å². The molecule has 3 N–H and O–H groups in total. The first-order valence-corrected chi connectivity index (χ1v) is 9.35. The van der Waals surface area contributed by atoms with Crippen molar-refractivity contribution in [2.45, 2.75) is 23.1 Å². The molecule has 1 heterocycles. The van der Waals surface area contributed by atoms with Crippen LogP contribution in [0.2, 0.25) is 0 Å². The molecule has 1 unspecified atom stereocenters. The fourth-order valence-electron chi connectivity index (χ4n) is 2.37. The Morgan fingerprint density at radius 1 is 1.27 bits per heavy atom. The van der Waals surface area contributed by atoms with Gasteiger partial charge in [-0.2, -0.15) is 0 Å². The molecule has 0 spiro atoms. The maximum absolute atomic E-state index is 12.4. The van der Waals surface area contributed by atoms with Crippen LogP contribution in [0.25, 0.3) is 0 Å². The molecule has 22 heavy (non-hydrogen) atoms. The Balaban J connectivity index is 1.79. The van der Waals surface area contributed by atoms with E-state index in [0.717, 1.165) is 29.7 Å². The summed E-state index contributed by atoms with van der Waals surface area (Å²) >= 11 is 0.958. The van der Waals surface area contributed by atoms with Gasteiger partial charge in [0, 0.05) is 5.38 Å². The minimum absolute atomic E-state index is 0.000308. The molecule has 1 aromatic carbocycles. The third-order valence-electron chi connectivity index (χ3n) is 3.66. The van der Waals surface area contributed by atoms with Crippen molar-refractivity contribution in [2.75, 3.05) is 0 Å². The van der Waals surface area contributed by atoms with E-state index in [1.165, 1.54) is 11.4 Å². The molecule has 3 rings (SSSR count). The van der Waals surface area contributed by atoms with Crippen molar-refractivity contribution < 1.29 is 13.2 Å². The molecule has 1 saturated carbocycles. The molecule has 116 valence electrons. The van der Waals surface area contributed by atoms with Crippen molar-refractivity contribution in [2.24, 2.45) is 11.1 Å². The van der Waals surface area contributed by atoms with E-state index in [1.54, 1.807) is 0 Å². The van der Waals surface area contributed by atoms with Gasteiger partial charge in [0.1, 0.15) is 4.21 Å². The number of hydrogen-bond acceptors (Lipinski definition) is 4. The first-order valence-electron chi connectivity index (χ1n) is 6.92. The molecule has 1 amide bonds. The maximum Gasteiger partial charge on any atom is 0.252 e. The van der Waals surface area contributed by atoms with E-state index >= 15 is 0 Å². The molecule has 0 saturated heterocycles. The van der Waals surface area contributed by atoms with Gasteiger partial charge in [-0.15, -0.1) is 11.3 Å². The van der Waals surface area contributed by atoms with E-state index in [9.17, 15) is 13.2 Å². The Morgan fingerprint density at radius 3 is 2.50 bits per heavy atom. The highest BCUT2D eigenvalue weighted by Gasteiger charge is 2.33.